The Morgan fingerprint density at radius 3 is 2.80 bits per heavy atom. The van der Waals surface area contributed by atoms with Crippen LogP contribution in [-0.4, -0.2) is 29.0 Å². The number of rotatable bonds is 4. The van der Waals surface area contributed by atoms with E-state index in [1.54, 1.807) is 6.07 Å². The number of aryl methyl sites for hydroxylation is 1. The lowest BCUT2D eigenvalue weighted by molar-refractivity contribution is -0.118. The van der Waals surface area contributed by atoms with Crippen molar-refractivity contribution in [3.63, 3.8) is 0 Å². The standard InChI is InChI=1S/C9H13ClN4O/c1-6-5-8(14-9(10)13-6)12-4-3-11-7(2)15/h5H,3-4H2,1-2H3,(H,11,15)(H,12,13,14). The Balaban J connectivity index is 2.40. The number of nitrogens with one attached hydrogen (secondary N) is 2. The van der Waals surface area contributed by atoms with E-state index < -0.39 is 0 Å². The van der Waals surface area contributed by atoms with Gasteiger partial charge in [-0.2, -0.15) is 0 Å². The minimum absolute atomic E-state index is 0.0475. The largest absolute Gasteiger partial charge is 0.368 e. The van der Waals surface area contributed by atoms with Crippen molar-refractivity contribution in [2.45, 2.75) is 13.8 Å². The molecule has 0 saturated heterocycles. The van der Waals surface area contributed by atoms with Crippen LogP contribution in [0.2, 0.25) is 5.28 Å². The summed E-state index contributed by atoms with van der Waals surface area (Å²) in [4.78, 5) is 18.5. The van der Waals surface area contributed by atoms with Gasteiger partial charge in [0.2, 0.25) is 11.2 Å². The monoisotopic (exact) mass is 228 g/mol. The molecule has 0 atom stereocenters. The number of anilines is 1. The first-order valence-electron chi connectivity index (χ1n) is 4.57. The van der Waals surface area contributed by atoms with Gasteiger partial charge in [0.05, 0.1) is 0 Å². The van der Waals surface area contributed by atoms with Gasteiger partial charge in [-0.1, -0.05) is 0 Å². The summed E-state index contributed by atoms with van der Waals surface area (Å²) >= 11 is 5.68. The molecule has 15 heavy (non-hydrogen) atoms. The number of hydrogen-bond acceptors (Lipinski definition) is 4. The molecular weight excluding hydrogens is 216 g/mol. The lowest BCUT2D eigenvalue weighted by Gasteiger charge is -2.06. The van der Waals surface area contributed by atoms with Gasteiger partial charge in [0.1, 0.15) is 5.82 Å². The number of carbonyl (C=O) groups excluding carboxylic acids is 1. The highest BCUT2D eigenvalue weighted by Gasteiger charge is 1.98. The molecule has 82 valence electrons. The summed E-state index contributed by atoms with van der Waals surface area (Å²) in [5.74, 6) is 0.617. The summed E-state index contributed by atoms with van der Waals surface area (Å²) in [7, 11) is 0. The van der Waals surface area contributed by atoms with Gasteiger partial charge in [-0.25, -0.2) is 9.97 Å². The van der Waals surface area contributed by atoms with E-state index in [0.29, 0.717) is 18.9 Å². The molecule has 0 fully saturated rings. The average Bonchev–Trinajstić information content (AvgIpc) is 2.10. The summed E-state index contributed by atoms with van der Waals surface area (Å²) in [5.41, 5.74) is 0.803. The second-order valence-electron chi connectivity index (χ2n) is 3.07. The Hall–Kier alpha value is -1.36. The van der Waals surface area contributed by atoms with Crippen LogP contribution < -0.4 is 10.6 Å². The molecule has 0 unspecified atom stereocenters. The van der Waals surface area contributed by atoms with Crippen LogP contribution in [-0.2, 0) is 4.79 Å². The minimum atomic E-state index is -0.0475. The van der Waals surface area contributed by atoms with Crippen LogP contribution in [0.1, 0.15) is 12.6 Å². The second kappa shape index (κ2) is 5.50. The van der Waals surface area contributed by atoms with Crippen LogP contribution in [0.4, 0.5) is 5.82 Å². The average molecular weight is 229 g/mol. The molecule has 0 saturated carbocycles. The van der Waals surface area contributed by atoms with Crippen molar-refractivity contribution < 1.29 is 4.79 Å². The van der Waals surface area contributed by atoms with Crippen molar-refractivity contribution in [2.75, 3.05) is 18.4 Å². The Morgan fingerprint density at radius 1 is 1.47 bits per heavy atom. The molecule has 1 aromatic heterocycles. The first-order valence-corrected chi connectivity index (χ1v) is 4.95. The number of carbonyl (C=O) groups is 1. The highest BCUT2D eigenvalue weighted by atomic mass is 35.5. The number of halogens is 1. The molecule has 0 radical (unpaired) electrons. The van der Waals surface area contributed by atoms with Gasteiger partial charge in [-0.05, 0) is 18.5 Å². The third-order valence-corrected chi connectivity index (χ3v) is 1.80. The quantitative estimate of drug-likeness (QED) is 0.596. The van der Waals surface area contributed by atoms with Gasteiger partial charge < -0.3 is 10.6 Å². The number of hydrogen-bond donors (Lipinski definition) is 2. The van der Waals surface area contributed by atoms with E-state index in [2.05, 4.69) is 20.6 Å². The highest BCUT2D eigenvalue weighted by Crippen LogP contribution is 2.08. The third-order valence-electron chi connectivity index (χ3n) is 1.63. The lowest BCUT2D eigenvalue weighted by Crippen LogP contribution is -2.26. The SMILES string of the molecule is CC(=O)NCCNc1cc(C)nc(Cl)n1. The molecule has 6 heteroatoms. The molecular formula is C9H13ClN4O. The summed E-state index contributed by atoms with van der Waals surface area (Å²) in [6, 6.07) is 1.79. The van der Waals surface area contributed by atoms with Crippen LogP contribution in [0.15, 0.2) is 6.07 Å². The number of aromatic nitrogens is 2. The predicted molar refractivity (Wildman–Crippen MR) is 59.0 cm³/mol. The van der Waals surface area contributed by atoms with Gasteiger partial charge in [0.25, 0.3) is 0 Å². The molecule has 0 aliphatic rings. The molecule has 0 aliphatic carbocycles. The van der Waals surface area contributed by atoms with E-state index in [1.165, 1.54) is 6.92 Å². The fraction of sp³-hybridized carbons (Fsp3) is 0.444. The third kappa shape index (κ3) is 4.60. The predicted octanol–water partition coefficient (Wildman–Crippen LogP) is 0.986. The summed E-state index contributed by atoms with van der Waals surface area (Å²) in [6.45, 7) is 4.47. The second-order valence-corrected chi connectivity index (χ2v) is 3.41. The van der Waals surface area contributed by atoms with E-state index in [9.17, 15) is 4.79 Å². The molecule has 0 aromatic carbocycles. The smallest absolute Gasteiger partial charge is 0.224 e. The zero-order valence-corrected chi connectivity index (χ0v) is 9.43. The van der Waals surface area contributed by atoms with Crippen LogP contribution in [0.3, 0.4) is 0 Å². The van der Waals surface area contributed by atoms with Crippen LogP contribution in [0.5, 0.6) is 0 Å². The van der Waals surface area contributed by atoms with E-state index in [4.69, 9.17) is 11.6 Å². The molecule has 0 aliphatic heterocycles. The first-order chi connectivity index (χ1) is 7.08. The van der Waals surface area contributed by atoms with E-state index in [0.717, 1.165) is 5.69 Å². The highest BCUT2D eigenvalue weighted by molar-refractivity contribution is 6.28. The van der Waals surface area contributed by atoms with Crippen molar-refractivity contribution in [1.29, 1.82) is 0 Å². The Morgan fingerprint density at radius 2 is 2.20 bits per heavy atom. The Kier molecular flexibility index (Phi) is 4.30. The van der Waals surface area contributed by atoms with Crippen molar-refractivity contribution >= 4 is 23.3 Å². The maximum atomic E-state index is 10.6. The minimum Gasteiger partial charge on any atom is -0.368 e. The topological polar surface area (TPSA) is 66.9 Å². The van der Waals surface area contributed by atoms with Gasteiger partial charge in [-0.3, -0.25) is 4.79 Å². The van der Waals surface area contributed by atoms with Gasteiger partial charge in [-0.15, -0.1) is 0 Å². The van der Waals surface area contributed by atoms with Crippen LogP contribution >= 0.6 is 11.6 Å². The Labute approximate surface area is 93.3 Å². The van der Waals surface area contributed by atoms with Crippen molar-refractivity contribution in [2.24, 2.45) is 0 Å². The molecule has 0 spiro atoms. The van der Waals surface area contributed by atoms with Crippen molar-refractivity contribution in [3.8, 4) is 0 Å². The zero-order valence-electron chi connectivity index (χ0n) is 8.67. The maximum Gasteiger partial charge on any atom is 0.224 e. The van der Waals surface area contributed by atoms with Crippen LogP contribution in [0, 0.1) is 6.92 Å². The summed E-state index contributed by atoms with van der Waals surface area (Å²) in [5, 5.41) is 5.92. The molecule has 1 amide bonds. The van der Waals surface area contributed by atoms with Gasteiger partial charge >= 0.3 is 0 Å². The number of amides is 1. The summed E-state index contributed by atoms with van der Waals surface area (Å²) in [6.07, 6.45) is 0. The fourth-order valence-corrected chi connectivity index (χ4v) is 1.28. The molecule has 1 heterocycles. The molecule has 1 rings (SSSR count). The lowest BCUT2D eigenvalue weighted by atomic mass is 10.4. The van der Waals surface area contributed by atoms with E-state index in [-0.39, 0.29) is 11.2 Å². The van der Waals surface area contributed by atoms with Gasteiger partial charge in [0.15, 0.2) is 0 Å². The van der Waals surface area contributed by atoms with Gasteiger partial charge in [0, 0.05) is 31.8 Å². The van der Waals surface area contributed by atoms with Crippen LogP contribution in [0.25, 0.3) is 0 Å². The fourth-order valence-electron chi connectivity index (χ4n) is 1.05. The molecule has 2 N–H and O–H groups in total. The maximum absolute atomic E-state index is 10.6. The molecule has 5 nitrogen and oxygen atoms in total. The van der Waals surface area contributed by atoms with Crippen molar-refractivity contribution in [3.05, 3.63) is 17.0 Å². The van der Waals surface area contributed by atoms with E-state index in [1.807, 2.05) is 6.92 Å². The number of nitrogens with zero attached hydrogens (tertiary/aromatic N) is 2. The Bertz CT molecular complexity index is 336. The zero-order chi connectivity index (χ0) is 11.3. The summed E-state index contributed by atoms with van der Waals surface area (Å²) < 4.78 is 0. The molecule has 0 bridgehead atoms. The van der Waals surface area contributed by atoms with E-state index >= 15 is 0 Å². The normalized spacial score (nSPS) is 9.80. The molecule has 1 aromatic rings. The van der Waals surface area contributed by atoms with Crippen molar-refractivity contribution in [1.82, 2.24) is 15.3 Å². The first kappa shape index (κ1) is 11.7.